The van der Waals surface area contributed by atoms with E-state index in [1.165, 1.54) is 18.2 Å². The first kappa shape index (κ1) is 13.4. The number of nitrogen functional groups attached to an aromatic ring is 1. The number of benzene rings is 1. The topological polar surface area (TPSA) is 72.5 Å². The van der Waals surface area contributed by atoms with Gasteiger partial charge in [0.15, 0.2) is 0 Å². The van der Waals surface area contributed by atoms with E-state index < -0.39 is 5.97 Å². The summed E-state index contributed by atoms with van der Waals surface area (Å²) in [5, 5.41) is 9.26. The molecule has 0 unspecified atom stereocenters. The van der Waals surface area contributed by atoms with E-state index in [1.54, 1.807) is 0 Å². The zero-order valence-corrected chi connectivity index (χ0v) is 10.1. The number of aromatic hydroxyl groups is 1. The number of carbonyl (C=O) groups is 1. The van der Waals surface area contributed by atoms with Gasteiger partial charge in [-0.3, -0.25) is 0 Å². The Balaban J connectivity index is 2.44. The number of anilines is 1. The number of phenols is 1. The zero-order chi connectivity index (χ0) is 12.7. The fourth-order valence-electron chi connectivity index (χ4n) is 1.49. The van der Waals surface area contributed by atoms with Crippen LogP contribution in [0.15, 0.2) is 18.2 Å². The van der Waals surface area contributed by atoms with Crippen molar-refractivity contribution in [2.24, 2.45) is 0 Å². The van der Waals surface area contributed by atoms with Gasteiger partial charge in [-0.2, -0.15) is 0 Å². The highest BCUT2D eigenvalue weighted by molar-refractivity contribution is 5.95. The van der Waals surface area contributed by atoms with E-state index >= 15 is 0 Å². The molecule has 4 heteroatoms. The zero-order valence-electron chi connectivity index (χ0n) is 10.1. The van der Waals surface area contributed by atoms with Gasteiger partial charge in [-0.05, 0) is 24.6 Å². The number of rotatable bonds is 6. The third-order valence-corrected chi connectivity index (χ3v) is 2.49. The molecule has 1 rings (SSSR count). The van der Waals surface area contributed by atoms with E-state index in [9.17, 15) is 9.90 Å². The van der Waals surface area contributed by atoms with Gasteiger partial charge in [-0.1, -0.05) is 26.2 Å². The molecule has 1 aromatic rings. The van der Waals surface area contributed by atoms with Gasteiger partial charge in [0.05, 0.1) is 12.2 Å². The van der Waals surface area contributed by atoms with Crippen LogP contribution in [0.1, 0.15) is 43.0 Å². The molecule has 0 saturated heterocycles. The van der Waals surface area contributed by atoms with Crippen LogP contribution in [0.4, 0.5) is 5.69 Å². The Bertz CT molecular complexity index is 377. The summed E-state index contributed by atoms with van der Waals surface area (Å²) in [6, 6.07) is 4.25. The van der Waals surface area contributed by atoms with Crippen LogP contribution in [-0.2, 0) is 4.74 Å². The predicted octanol–water partition coefficient (Wildman–Crippen LogP) is 2.71. The van der Waals surface area contributed by atoms with E-state index in [1.807, 2.05) is 0 Å². The minimum absolute atomic E-state index is 0.0112. The molecule has 0 radical (unpaired) electrons. The summed E-state index contributed by atoms with van der Waals surface area (Å²) in [7, 11) is 0. The smallest absolute Gasteiger partial charge is 0.340 e. The fraction of sp³-hybridized carbons (Fsp3) is 0.462. The van der Waals surface area contributed by atoms with Crippen molar-refractivity contribution in [1.29, 1.82) is 0 Å². The first-order chi connectivity index (χ1) is 8.15. The molecule has 0 aliphatic carbocycles. The number of hydrogen-bond acceptors (Lipinski definition) is 4. The van der Waals surface area contributed by atoms with Crippen LogP contribution >= 0.6 is 0 Å². The molecular formula is C13H19NO3. The second-order valence-electron chi connectivity index (χ2n) is 3.97. The number of carbonyl (C=O) groups excluding carboxylic acids is 1. The summed E-state index contributed by atoms with van der Waals surface area (Å²) < 4.78 is 5.08. The molecule has 17 heavy (non-hydrogen) atoms. The van der Waals surface area contributed by atoms with Crippen LogP contribution < -0.4 is 5.73 Å². The van der Waals surface area contributed by atoms with Crippen molar-refractivity contribution in [2.45, 2.75) is 32.6 Å². The van der Waals surface area contributed by atoms with Gasteiger partial charge in [-0.15, -0.1) is 0 Å². The lowest BCUT2D eigenvalue weighted by Gasteiger charge is -2.07. The molecular weight excluding hydrogens is 218 g/mol. The molecule has 0 amide bonds. The molecule has 0 aromatic heterocycles. The number of hydrogen-bond donors (Lipinski definition) is 2. The summed E-state index contributed by atoms with van der Waals surface area (Å²) in [5.41, 5.74) is 6.17. The summed E-state index contributed by atoms with van der Waals surface area (Å²) in [6.07, 6.45) is 4.21. The van der Waals surface area contributed by atoms with Crippen LogP contribution in [-0.4, -0.2) is 17.7 Å². The highest BCUT2D eigenvalue weighted by atomic mass is 16.5. The normalized spacial score (nSPS) is 10.2. The van der Waals surface area contributed by atoms with Crippen molar-refractivity contribution in [2.75, 3.05) is 12.3 Å². The quantitative estimate of drug-likeness (QED) is 0.345. The second-order valence-corrected chi connectivity index (χ2v) is 3.97. The SMILES string of the molecule is CCCCCCOC(=O)c1cc(O)ccc1N. The lowest BCUT2D eigenvalue weighted by molar-refractivity contribution is 0.0498. The lowest BCUT2D eigenvalue weighted by Crippen LogP contribution is -2.09. The summed E-state index contributed by atoms with van der Waals surface area (Å²) in [5.74, 6) is -0.466. The van der Waals surface area contributed by atoms with Gasteiger partial charge in [0.2, 0.25) is 0 Å². The Morgan fingerprint density at radius 1 is 1.35 bits per heavy atom. The Hall–Kier alpha value is -1.71. The highest BCUT2D eigenvalue weighted by Gasteiger charge is 2.11. The molecule has 0 spiro atoms. The molecule has 94 valence electrons. The van der Waals surface area contributed by atoms with Crippen molar-refractivity contribution in [3.05, 3.63) is 23.8 Å². The fourth-order valence-corrected chi connectivity index (χ4v) is 1.49. The Labute approximate surface area is 101 Å². The summed E-state index contributed by atoms with van der Waals surface area (Å²) in [6.45, 7) is 2.52. The van der Waals surface area contributed by atoms with E-state index in [0.717, 1.165) is 25.7 Å². The predicted molar refractivity (Wildman–Crippen MR) is 66.9 cm³/mol. The molecule has 0 aliphatic heterocycles. The lowest BCUT2D eigenvalue weighted by atomic mass is 10.1. The van der Waals surface area contributed by atoms with Crippen LogP contribution in [0, 0.1) is 0 Å². The molecule has 0 aliphatic rings. The van der Waals surface area contributed by atoms with Gasteiger partial charge in [0.1, 0.15) is 5.75 Å². The van der Waals surface area contributed by atoms with Crippen molar-refractivity contribution in [3.8, 4) is 5.75 Å². The van der Waals surface area contributed by atoms with Gasteiger partial charge in [0.25, 0.3) is 0 Å². The molecule has 0 atom stereocenters. The van der Waals surface area contributed by atoms with Crippen LogP contribution in [0.5, 0.6) is 5.75 Å². The minimum atomic E-state index is -0.477. The van der Waals surface area contributed by atoms with E-state index in [0.29, 0.717) is 12.3 Å². The van der Waals surface area contributed by atoms with Crippen LogP contribution in [0.25, 0.3) is 0 Å². The second kappa shape index (κ2) is 6.78. The number of esters is 1. The molecule has 3 N–H and O–H groups in total. The van der Waals surface area contributed by atoms with E-state index in [4.69, 9.17) is 10.5 Å². The van der Waals surface area contributed by atoms with Crippen LogP contribution in [0.2, 0.25) is 0 Å². The Kier molecular flexibility index (Phi) is 5.33. The van der Waals surface area contributed by atoms with Crippen LogP contribution in [0.3, 0.4) is 0 Å². The van der Waals surface area contributed by atoms with Gasteiger partial charge in [0, 0.05) is 5.69 Å². The summed E-state index contributed by atoms with van der Waals surface area (Å²) in [4.78, 5) is 11.6. The third kappa shape index (κ3) is 4.34. The van der Waals surface area contributed by atoms with Crippen molar-refractivity contribution < 1.29 is 14.6 Å². The Morgan fingerprint density at radius 2 is 2.12 bits per heavy atom. The largest absolute Gasteiger partial charge is 0.508 e. The van der Waals surface area contributed by atoms with Gasteiger partial charge in [-0.25, -0.2) is 4.79 Å². The Morgan fingerprint density at radius 3 is 2.82 bits per heavy atom. The maximum atomic E-state index is 11.6. The van der Waals surface area contributed by atoms with Gasteiger partial charge >= 0.3 is 5.97 Å². The molecule has 0 heterocycles. The average molecular weight is 237 g/mol. The molecule has 0 fully saturated rings. The number of nitrogens with two attached hydrogens (primary N) is 1. The van der Waals surface area contributed by atoms with Crippen molar-refractivity contribution >= 4 is 11.7 Å². The van der Waals surface area contributed by atoms with E-state index in [-0.39, 0.29) is 11.3 Å². The summed E-state index contributed by atoms with van der Waals surface area (Å²) >= 11 is 0. The van der Waals surface area contributed by atoms with Crippen molar-refractivity contribution in [1.82, 2.24) is 0 Å². The third-order valence-electron chi connectivity index (χ3n) is 2.49. The minimum Gasteiger partial charge on any atom is -0.508 e. The molecule has 1 aromatic carbocycles. The monoisotopic (exact) mass is 237 g/mol. The maximum Gasteiger partial charge on any atom is 0.340 e. The highest BCUT2D eigenvalue weighted by Crippen LogP contribution is 2.19. The number of ether oxygens (including phenoxy) is 1. The van der Waals surface area contributed by atoms with Gasteiger partial charge < -0.3 is 15.6 Å². The van der Waals surface area contributed by atoms with Crippen molar-refractivity contribution in [3.63, 3.8) is 0 Å². The first-order valence-electron chi connectivity index (χ1n) is 5.90. The first-order valence-corrected chi connectivity index (χ1v) is 5.90. The molecule has 0 bridgehead atoms. The average Bonchev–Trinajstić information content (AvgIpc) is 2.32. The number of unbranched alkanes of at least 4 members (excludes halogenated alkanes) is 3. The maximum absolute atomic E-state index is 11.6. The molecule has 4 nitrogen and oxygen atoms in total. The number of phenolic OH excluding ortho intramolecular Hbond substituents is 1. The van der Waals surface area contributed by atoms with E-state index in [2.05, 4.69) is 6.92 Å². The molecule has 0 saturated carbocycles. The standard InChI is InChI=1S/C13H19NO3/c1-2-3-4-5-8-17-13(16)11-9-10(15)6-7-12(11)14/h6-7,9,15H,2-5,8,14H2,1H3.